The summed E-state index contributed by atoms with van der Waals surface area (Å²) in [6.07, 6.45) is 2.10. The lowest BCUT2D eigenvalue weighted by Crippen LogP contribution is -2.44. The molecule has 1 unspecified atom stereocenters. The van der Waals surface area contributed by atoms with Crippen LogP contribution in [0.5, 0.6) is 0 Å². The summed E-state index contributed by atoms with van der Waals surface area (Å²) in [6.45, 7) is 10.3. The zero-order valence-electron chi connectivity index (χ0n) is 20.7. The van der Waals surface area contributed by atoms with Crippen molar-refractivity contribution in [2.24, 2.45) is 16.0 Å². The molecule has 0 N–H and O–H groups in total. The molecule has 0 bridgehead atoms. The molecule has 0 saturated carbocycles. The zero-order chi connectivity index (χ0) is 27.1. The molecular formula is C23H32F3N3O4S. The van der Waals surface area contributed by atoms with Gasteiger partial charge >= 0.3 is 11.4 Å². The van der Waals surface area contributed by atoms with Crippen molar-refractivity contribution in [2.45, 2.75) is 58.4 Å². The van der Waals surface area contributed by atoms with Crippen LogP contribution in [0, 0.1) is 5.92 Å². The van der Waals surface area contributed by atoms with Crippen LogP contribution in [-0.4, -0.2) is 59.8 Å². The number of hydrazone groups is 1. The van der Waals surface area contributed by atoms with Crippen LogP contribution in [0.1, 0.15) is 47.1 Å². The summed E-state index contributed by atoms with van der Waals surface area (Å²) in [6, 6.07) is 6.43. The van der Waals surface area contributed by atoms with Crippen molar-refractivity contribution in [2.75, 3.05) is 14.1 Å². The predicted octanol–water partition coefficient (Wildman–Crippen LogP) is 4.77. The van der Waals surface area contributed by atoms with Gasteiger partial charge in [-0.3, -0.25) is 19.4 Å². The van der Waals surface area contributed by atoms with Crippen molar-refractivity contribution in [3.63, 3.8) is 0 Å². The van der Waals surface area contributed by atoms with Crippen molar-refractivity contribution in [3.05, 3.63) is 29.8 Å². The molecule has 0 aromatic heterocycles. The van der Waals surface area contributed by atoms with Crippen molar-refractivity contribution < 1.29 is 32.3 Å². The van der Waals surface area contributed by atoms with Crippen LogP contribution in [0.3, 0.4) is 0 Å². The number of alkyl halides is 3. The predicted molar refractivity (Wildman–Crippen MR) is 129 cm³/mol. The summed E-state index contributed by atoms with van der Waals surface area (Å²) < 4.78 is 35.7. The Balaban J connectivity index is 0. The van der Waals surface area contributed by atoms with Crippen LogP contribution in [0.15, 0.2) is 39.3 Å². The third kappa shape index (κ3) is 13.7. The number of amides is 1. The molecule has 11 heteroatoms. The minimum atomic E-state index is -4.19. The summed E-state index contributed by atoms with van der Waals surface area (Å²) in [7, 11) is 2.78. The average molecular weight is 504 g/mol. The van der Waals surface area contributed by atoms with E-state index in [0.717, 1.165) is 17.0 Å². The number of carbonyl (C=O) groups is 4. The lowest BCUT2D eigenvalue weighted by Gasteiger charge is -2.19. The monoisotopic (exact) mass is 503 g/mol. The Morgan fingerprint density at radius 2 is 1.56 bits per heavy atom. The second-order valence-electron chi connectivity index (χ2n) is 6.55. The number of ketones is 3. The van der Waals surface area contributed by atoms with E-state index in [4.69, 9.17) is 0 Å². The minimum absolute atomic E-state index is 0.0604. The quantitative estimate of drug-likeness (QED) is 0.335. The summed E-state index contributed by atoms with van der Waals surface area (Å²) in [5, 5.41) is 4.64. The second-order valence-corrected chi connectivity index (χ2v) is 7.69. The van der Waals surface area contributed by atoms with Gasteiger partial charge in [-0.1, -0.05) is 32.9 Å². The summed E-state index contributed by atoms with van der Waals surface area (Å²) >= 11 is -0.0801. The van der Waals surface area contributed by atoms with Crippen LogP contribution in [0.4, 0.5) is 13.2 Å². The molecule has 0 spiro atoms. The number of rotatable bonds is 4. The van der Waals surface area contributed by atoms with Gasteiger partial charge in [0.1, 0.15) is 11.7 Å². The highest BCUT2D eigenvalue weighted by Crippen LogP contribution is 2.36. The maximum atomic E-state index is 11.9. The van der Waals surface area contributed by atoms with E-state index < -0.39 is 23.1 Å². The van der Waals surface area contributed by atoms with Crippen molar-refractivity contribution in [1.82, 2.24) is 5.01 Å². The fourth-order valence-corrected chi connectivity index (χ4v) is 2.76. The fourth-order valence-electron chi connectivity index (χ4n) is 2.22. The second kappa shape index (κ2) is 16.7. The SMILES string of the molecule is CC.CC(C)=O.CCc1ccc(SC(F)(F)F)cc1.CN=C(C(C)=O)C1C=NN(C)C(=O)C1=O. The van der Waals surface area contributed by atoms with E-state index in [1.165, 1.54) is 53.2 Å². The number of aryl methyl sites for hydroxylation is 1. The molecule has 7 nitrogen and oxygen atoms in total. The molecule has 1 heterocycles. The number of Topliss-reactive ketones (excluding diaryl/α,β-unsaturated/α-hetero) is 3. The molecule has 1 aromatic rings. The van der Waals surface area contributed by atoms with Crippen molar-refractivity contribution in [1.29, 1.82) is 0 Å². The molecule has 0 aliphatic carbocycles. The number of halogens is 3. The van der Waals surface area contributed by atoms with Gasteiger partial charge in [-0.2, -0.15) is 18.3 Å². The van der Waals surface area contributed by atoms with Crippen LogP contribution >= 0.6 is 11.8 Å². The van der Waals surface area contributed by atoms with Crippen LogP contribution < -0.4 is 0 Å². The van der Waals surface area contributed by atoms with Gasteiger partial charge in [0.05, 0.1) is 5.71 Å². The van der Waals surface area contributed by atoms with Gasteiger partial charge in [0.25, 0.3) is 0 Å². The number of hydrogen-bond acceptors (Lipinski definition) is 7. The highest BCUT2D eigenvalue weighted by atomic mass is 32.2. The third-order valence-electron chi connectivity index (χ3n) is 3.64. The Bertz CT molecular complexity index is 878. The average Bonchev–Trinajstić information content (AvgIpc) is 2.75. The van der Waals surface area contributed by atoms with E-state index in [0.29, 0.717) is 0 Å². The van der Waals surface area contributed by atoms with Gasteiger partial charge in [0.2, 0.25) is 5.78 Å². The Morgan fingerprint density at radius 3 is 1.91 bits per heavy atom. The van der Waals surface area contributed by atoms with Gasteiger partial charge < -0.3 is 4.79 Å². The molecule has 34 heavy (non-hydrogen) atoms. The molecular weight excluding hydrogens is 471 g/mol. The van der Waals surface area contributed by atoms with E-state index >= 15 is 0 Å². The third-order valence-corrected chi connectivity index (χ3v) is 4.38. The van der Waals surface area contributed by atoms with E-state index in [2.05, 4.69) is 10.1 Å². The molecule has 0 radical (unpaired) electrons. The number of thioether (sulfide) groups is 1. The molecule has 1 atom stereocenters. The molecule has 0 saturated heterocycles. The number of benzene rings is 1. The molecule has 2 rings (SSSR count). The number of carbonyl (C=O) groups excluding carboxylic acids is 4. The molecule has 1 amide bonds. The number of likely N-dealkylation sites (N-methyl/N-ethyl adjacent to an activating group) is 1. The van der Waals surface area contributed by atoms with E-state index in [9.17, 15) is 32.3 Å². The number of hydrogen-bond donors (Lipinski definition) is 0. The first-order chi connectivity index (χ1) is 15.7. The Labute approximate surface area is 202 Å². The van der Waals surface area contributed by atoms with Crippen LogP contribution in [-0.2, 0) is 25.6 Å². The van der Waals surface area contributed by atoms with Crippen molar-refractivity contribution in [3.8, 4) is 0 Å². The molecule has 190 valence electrons. The lowest BCUT2D eigenvalue weighted by atomic mass is 9.95. The van der Waals surface area contributed by atoms with E-state index in [-0.39, 0.29) is 33.9 Å². The molecule has 1 aliphatic rings. The Kier molecular flexibility index (Phi) is 16.4. The summed E-state index contributed by atoms with van der Waals surface area (Å²) in [4.78, 5) is 47.3. The highest BCUT2D eigenvalue weighted by Gasteiger charge is 2.35. The van der Waals surface area contributed by atoms with Gasteiger partial charge in [0, 0.05) is 32.1 Å². The Morgan fingerprint density at radius 1 is 1.09 bits per heavy atom. The van der Waals surface area contributed by atoms with Crippen molar-refractivity contribution >= 4 is 46.9 Å². The summed E-state index contributed by atoms with van der Waals surface area (Å²) in [5.41, 5.74) is -3.08. The van der Waals surface area contributed by atoms with E-state index in [1.54, 1.807) is 12.1 Å². The maximum absolute atomic E-state index is 11.9. The molecule has 0 fully saturated rings. The lowest BCUT2D eigenvalue weighted by molar-refractivity contribution is -0.144. The Hall–Kier alpha value is -2.82. The van der Waals surface area contributed by atoms with Crippen LogP contribution in [0.25, 0.3) is 0 Å². The molecule has 1 aliphatic heterocycles. The van der Waals surface area contributed by atoms with Crippen LogP contribution in [0.2, 0.25) is 0 Å². The molecule has 1 aromatic carbocycles. The first-order valence-corrected chi connectivity index (χ1v) is 11.2. The van der Waals surface area contributed by atoms with E-state index in [1.807, 2.05) is 20.8 Å². The standard InChI is InChI=1S/C9H9F3S.C9H11N3O3.C3H6O.C2H6/c1-2-7-3-5-8(6-4-7)13-9(10,11)12;1-5(13)7(10-2)6-4-11-12(3)9(15)8(6)14;1-3(2)4;1-2/h3-6H,2H2,1H3;4,6H,1-3H3;1-2H3;1-2H3. The largest absolute Gasteiger partial charge is 0.446 e. The minimum Gasteiger partial charge on any atom is -0.300 e. The summed E-state index contributed by atoms with van der Waals surface area (Å²) in [5.74, 6) is -2.51. The maximum Gasteiger partial charge on any atom is 0.446 e. The zero-order valence-corrected chi connectivity index (χ0v) is 21.5. The number of aliphatic imine (C=N–C) groups is 1. The number of nitrogens with zero attached hydrogens (tertiary/aromatic N) is 3. The first kappa shape index (κ1) is 33.4. The first-order valence-electron chi connectivity index (χ1n) is 10.4. The normalized spacial score (nSPS) is 15.2. The van der Waals surface area contributed by atoms with Gasteiger partial charge in [-0.15, -0.1) is 0 Å². The highest BCUT2D eigenvalue weighted by molar-refractivity contribution is 8.00. The smallest absolute Gasteiger partial charge is 0.300 e. The van der Waals surface area contributed by atoms with Gasteiger partial charge in [-0.25, -0.2) is 5.01 Å². The van der Waals surface area contributed by atoms with Gasteiger partial charge in [0.15, 0.2) is 5.78 Å². The van der Waals surface area contributed by atoms with Gasteiger partial charge in [-0.05, 0) is 49.7 Å². The fraction of sp³-hybridized carbons (Fsp3) is 0.478. The topological polar surface area (TPSA) is 96.2 Å².